The summed E-state index contributed by atoms with van der Waals surface area (Å²) in [6.45, 7) is 7.35. The Labute approximate surface area is 132 Å². The lowest BCUT2D eigenvalue weighted by molar-refractivity contribution is 0.757. The Morgan fingerprint density at radius 3 is 2.62 bits per heavy atom. The van der Waals surface area contributed by atoms with Gasteiger partial charge in [-0.1, -0.05) is 20.3 Å². The first kappa shape index (κ1) is 16.4. The van der Waals surface area contributed by atoms with Gasteiger partial charge >= 0.3 is 0 Å². The van der Waals surface area contributed by atoms with Crippen LogP contribution in [0.25, 0.3) is 0 Å². The third-order valence-electron chi connectivity index (χ3n) is 4.13. The molecule has 1 aromatic heterocycles. The van der Waals surface area contributed by atoms with Crippen molar-refractivity contribution in [2.24, 2.45) is 0 Å². The fourth-order valence-corrected chi connectivity index (χ4v) is 3.76. The van der Waals surface area contributed by atoms with Gasteiger partial charge in [-0.3, -0.25) is 0 Å². The van der Waals surface area contributed by atoms with Crippen LogP contribution in [-0.2, 0) is 6.42 Å². The van der Waals surface area contributed by atoms with Gasteiger partial charge in [-0.25, -0.2) is 9.97 Å². The summed E-state index contributed by atoms with van der Waals surface area (Å²) >= 11 is 1.97. The number of nitrogens with zero attached hydrogens (tertiary/aromatic N) is 2. The maximum absolute atomic E-state index is 4.72. The summed E-state index contributed by atoms with van der Waals surface area (Å²) in [6, 6.07) is 0.539. The Bertz CT molecular complexity index is 464. The monoisotopic (exact) mass is 308 g/mol. The molecular formula is C16H28N4S. The van der Waals surface area contributed by atoms with Crippen LogP contribution in [0.15, 0.2) is 0 Å². The Kier molecular flexibility index (Phi) is 6.15. The maximum Gasteiger partial charge on any atom is 0.135 e. The average molecular weight is 308 g/mol. The van der Waals surface area contributed by atoms with E-state index in [1.807, 2.05) is 11.8 Å². The third kappa shape index (κ3) is 4.02. The minimum atomic E-state index is 0.539. The SMILES string of the molecule is CCCNc1nc(CC)nc(NC2CCCC2SC)c1C. The molecule has 1 aliphatic carbocycles. The first-order valence-electron chi connectivity index (χ1n) is 8.10. The first-order chi connectivity index (χ1) is 10.2. The molecule has 2 atom stereocenters. The van der Waals surface area contributed by atoms with Gasteiger partial charge in [0, 0.05) is 29.8 Å². The fraction of sp³-hybridized carbons (Fsp3) is 0.750. The first-order valence-corrected chi connectivity index (χ1v) is 9.39. The van der Waals surface area contributed by atoms with Gasteiger partial charge in [0.05, 0.1) is 0 Å². The van der Waals surface area contributed by atoms with Crippen LogP contribution in [0, 0.1) is 6.92 Å². The van der Waals surface area contributed by atoms with Crippen molar-refractivity contribution in [1.29, 1.82) is 0 Å². The molecule has 4 nitrogen and oxygen atoms in total. The van der Waals surface area contributed by atoms with E-state index in [-0.39, 0.29) is 0 Å². The maximum atomic E-state index is 4.72. The molecule has 1 heterocycles. The highest BCUT2D eigenvalue weighted by molar-refractivity contribution is 7.99. The lowest BCUT2D eigenvalue weighted by atomic mass is 10.2. The highest BCUT2D eigenvalue weighted by Gasteiger charge is 2.27. The van der Waals surface area contributed by atoms with Crippen molar-refractivity contribution in [3.63, 3.8) is 0 Å². The van der Waals surface area contributed by atoms with Crippen molar-refractivity contribution in [2.75, 3.05) is 23.4 Å². The van der Waals surface area contributed by atoms with Gasteiger partial charge in [0.15, 0.2) is 0 Å². The van der Waals surface area contributed by atoms with E-state index in [1.54, 1.807) is 0 Å². The molecule has 1 aromatic rings. The molecule has 1 fully saturated rings. The second kappa shape index (κ2) is 7.87. The third-order valence-corrected chi connectivity index (χ3v) is 5.30. The Balaban J connectivity index is 2.20. The van der Waals surface area contributed by atoms with E-state index < -0.39 is 0 Å². The smallest absolute Gasteiger partial charge is 0.135 e. The molecule has 2 N–H and O–H groups in total. The second-order valence-corrected chi connectivity index (χ2v) is 6.78. The number of aromatic nitrogens is 2. The molecular weight excluding hydrogens is 280 g/mol. The van der Waals surface area contributed by atoms with Crippen molar-refractivity contribution >= 4 is 23.4 Å². The van der Waals surface area contributed by atoms with Crippen molar-refractivity contribution in [2.45, 2.75) is 64.2 Å². The minimum absolute atomic E-state index is 0.539. The molecule has 21 heavy (non-hydrogen) atoms. The summed E-state index contributed by atoms with van der Waals surface area (Å²) in [5.74, 6) is 2.93. The van der Waals surface area contributed by atoms with Crippen LogP contribution in [0.1, 0.15) is 50.9 Å². The molecule has 0 radical (unpaired) electrons. The summed E-state index contributed by atoms with van der Waals surface area (Å²) < 4.78 is 0. The van der Waals surface area contributed by atoms with Gasteiger partial charge in [0.2, 0.25) is 0 Å². The number of nitrogens with one attached hydrogen (secondary N) is 2. The summed E-state index contributed by atoms with van der Waals surface area (Å²) in [5.41, 5.74) is 1.15. The fourth-order valence-electron chi connectivity index (χ4n) is 2.83. The van der Waals surface area contributed by atoms with Crippen molar-refractivity contribution < 1.29 is 0 Å². The van der Waals surface area contributed by atoms with Crippen molar-refractivity contribution in [1.82, 2.24) is 9.97 Å². The second-order valence-electron chi connectivity index (χ2n) is 5.70. The van der Waals surface area contributed by atoms with Crippen LogP contribution in [0.3, 0.4) is 0 Å². The van der Waals surface area contributed by atoms with Crippen LogP contribution in [0.2, 0.25) is 0 Å². The molecule has 0 aliphatic heterocycles. The molecule has 1 saturated carbocycles. The van der Waals surface area contributed by atoms with Crippen LogP contribution in [-0.4, -0.2) is 34.1 Å². The predicted octanol–water partition coefficient (Wildman–Crippen LogP) is 3.87. The molecule has 0 bridgehead atoms. The standard InChI is InChI=1S/C16H28N4S/c1-5-10-17-15-11(3)16(20-14(6-2)19-15)18-12-8-7-9-13(12)21-4/h12-13H,5-10H2,1-4H3,(H2,17,18,19,20). The van der Waals surface area contributed by atoms with E-state index in [4.69, 9.17) is 4.98 Å². The molecule has 0 spiro atoms. The zero-order valence-electron chi connectivity index (χ0n) is 13.7. The van der Waals surface area contributed by atoms with E-state index in [9.17, 15) is 0 Å². The zero-order valence-corrected chi connectivity index (χ0v) is 14.5. The van der Waals surface area contributed by atoms with E-state index >= 15 is 0 Å². The van der Waals surface area contributed by atoms with Gasteiger partial charge < -0.3 is 10.6 Å². The number of hydrogen-bond donors (Lipinski definition) is 2. The summed E-state index contributed by atoms with van der Waals surface area (Å²) in [4.78, 5) is 9.36. The van der Waals surface area contributed by atoms with E-state index in [0.717, 1.165) is 42.4 Å². The molecule has 0 aromatic carbocycles. The molecule has 0 amide bonds. The van der Waals surface area contributed by atoms with Gasteiger partial charge in [-0.2, -0.15) is 11.8 Å². The molecule has 118 valence electrons. The largest absolute Gasteiger partial charge is 0.370 e. The molecule has 0 saturated heterocycles. The molecule has 1 aliphatic rings. The topological polar surface area (TPSA) is 49.8 Å². The molecule has 5 heteroatoms. The predicted molar refractivity (Wildman–Crippen MR) is 93.5 cm³/mol. The van der Waals surface area contributed by atoms with Crippen molar-refractivity contribution in [3.05, 3.63) is 11.4 Å². The van der Waals surface area contributed by atoms with E-state index in [2.05, 4.69) is 42.6 Å². The normalized spacial score (nSPS) is 21.5. The molecule has 2 rings (SSSR count). The van der Waals surface area contributed by atoms with Crippen molar-refractivity contribution in [3.8, 4) is 0 Å². The summed E-state index contributed by atoms with van der Waals surface area (Å²) in [7, 11) is 0. The van der Waals surface area contributed by atoms with Gasteiger partial charge in [-0.15, -0.1) is 0 Å². The number of thioether (sulfide) groups is 1. The zero-order chi connectivity index (χ0) is 15.2. The molecule has 2 unspecified atom stereocenters. The number of aryl methyl sites for hydroxylation is 1. The quantitative estimate of drug-likeness (QED) is 0.801. The minimum Gasteiger partial charge on any atom is -0.370 e. The summed E-state index contributed by atoms with van der Waals surface area (Å²) in [6.07, 6.45) is 8.05. The van der Waals surface area contributed by atoms with Crippen LogP contribution < -0.4 is 10.6 Å². The lowest BCUT2D eigenvalue weighted by Crippen LogP contribution is -2.27. The number of rotatable bonds is 7. The van der Waals surface area contributed by atoms with Gasteiger partial charge in [-0.05, 0) is 32.4 Å². The average Bonchev–Trinajstić information content (AvgIpc) is 2.95. The number of hydrogen-bond acceptors (Lipinski definition) is 5. The number of anilines is 2. The Hall–Kier alpha value is -0.970. The van der Waals surface area contributed by atoms with Crippen LogP contribution in [0.5, 0.6) is 0 Å². The van der Waals surface area contributed by atoms with E-state index in [0.29, 0.717) is 11.3 Å². The van der Waals surface area contributed by atoms with Gasteiger partial charge in [0.25, 0.3) is 0 Å². The Morgan fingerprint density at radius 2 is 1.95 bits per heavy atom. The Morgan fingerprint density at radius 1 is 1.19 bits per heavy atom. The highest BCUT2D eigenvalue weighted by Crippen LogP contribution is 2.32. The summed E-state index contributed by atoms with van der Waals surface area (Å²) in [5, 5.41) is 7.83. The highest BCUT2D eigenvalue weighted by atomic mass is 32.2. The van der Waals surface area contributed by atoms with E-state index in [1.165, 1.54) is 19.3 Å². The van der Waals surface area contributed by atoms with Gasteiger partial charge in [0.1, 0.15) is 17.5 Å². The van der Waals surface area contributed by atoms with Crippen LogP contribution in [0.4, 0.5) is 11.6 Å². The lowest BCUT2D eigenvalue weighted by Gasteiger charge is -2.22. The van der Waals surface area contributed by atoms with Crippen LogP contribution >= 0.6 is 11.8 Å².